The average molecular weight is 373 g/mol. The van der Waals surface area contributed by atoms with Crippen molar-refractivity contribution in [2.45, 2.75) is 13.5 Å². The topological polar surface area (TPSA) is 68.3 Å². The van der Waals surface area contributed by atoms with E-state index < -0.39 is 5.97 Å². The molecule has 3 heterocycles. The van der Waals surface area contributed by atoms with Gasteiger partial charge in [0.2, 0.25) is 0 Å². The van der Waals surface area contributed by atoms with Gasteiger partial charge in [-0.2, -0.15) is 0 Å². The molecular weight excluding hydrogens is 360 g/mol. The lowest BCUT2D eigenvalue weighted by Gasteiger charge is -2.07. The van der Waals surface area contributed by atoms with Crippen LogP contribution >= 0.6 is 22.9 Å². The van der Waals surface area contributed by atoms with Crippen LogP contribution < -0.4 is 0 Å². The fraction of sp³-hybridized carbons (Fsp3) is 0.111. The third-order valence-corrected chi connectivity index (χ3v) is 5.28. The molecule has 0 saturated carbocycles. The fourth-order valence-electron chi connectivity index (χ4n) is 2.97. The molecule has 0 saturated heterocycles. The summed E-state index contributed by atoms with van der Waals surface area (Å²) in [6.45, 7) is 2.28. The first-order valence-corrected chi connectivity index (χ1v) is 8.76. The third-order valence-electron chi connectivity index (χ3n) is 4.04. The molecule has 4 aromatic rings. The lowest BCUT2D eigenvalue weighted by molar-refractivity contribution is 0.0686. The Labute approximate surface area is 152 Å². The van der Waals surface area contributed by atoms with Crippen molar-refractivity contribution in [1.29, 1.82) is 0 Å². The molecule has 1 aromatic carbocycles. The summed E-state index contributed by atoms with van der Waals surface area (Å²) >= 11 is 7.36. The van der Waals surface area contributed by atoms with Crippen LogP contribution in [0.4, 0.5) is 0 Å². The Morgan fingerprint density at radius 2 is 2.16 bits per heavy atom. The van der Waals surface area contributed by atoms with Crippen LogP contribution in [-0.2, 0) is 6.54 Å². The number of aromatic carboxylic acids is 1. The number of rotatable bonds is 4. The van der Waals surface area contributed by atoms with E-state index in [2.05, 4.69) is 5.16 Å². The molecule has 25 heavy (non-hydrogen) atoms. The highest BCUT2D eigenvalue weighted by molar-refractivity contribution is 7.19. The van der Waals surface area contributed by atoms with Crippen molar-refractivity contribution in [3.05, 3.63) is 63.8 Å². The number of thiophene rings is 1. The Morgan fingerprint density at radius 1 is 1.32 bits per heavy atom. The lowest BCUT2D eigenvalue weighted by Crippen LogP contribution is -2.10. The number of carboxylic acids is 1. The molecule has 0 unspecified atom stereocenters. The van der Waals surface area contributed by atoms with Gasteiger partial charge < -0.3 is 14.2 Å². The molecule has 0 amide bonds. The lowest BCUT2D eigenvalue weighted by atomic mass is 10.1. The van der Waals surface area contributed by atoms with E-state index in [4.69, 9.17) is 16.1 Å². The number of benzene rings is 1. The van der Waals surface area contributed by atoms with Crippen LogP contribution in [-0.4, -0.2) is 20.8 Å². The SMILES string of the molecule is Cc1cccc2cc(C(=O)O)n(Cc3cc(-c4ccc(Cl)s4)on3)c12. The molecule has 0 bridgehead atoms. The largest absolute Gasteiger partial charge is 0.477 e. The first kappa shape index (κ1) is 15.9. The van der Waals surface area contributed by atoms with Crippen molar-refractivity contribution in [2.24, 2.45) is 0 Å². The van der Waals surface area contributed by atoms with Gasteiger partial charge in [-0.3, -0.25) is 0 Å². The maximum Gasteiger partial charge on any atom is 0.352 e. The molecule has 0 aliphatic carbocycles. The van der Waals surface area contributed by atoms with E-state index in [0.717, 1.165) is 21.3 Å². The summed E-state index contributed by atoms with van der Waals surface area (Å²) in [5.41, 5.74) is 2.79. The van der Waals surface area contributed by atoms with E-state index in [-0.39, 0.29) is 5.69 Å². The number of para-hydroxylation sites is 1. The third kappa shape index (κ3) is 2.83. The summed E-state index contributed by atoms with van der Waals surface area (Å²) < 4.78 is 7.83. The molecule has 7 heteroatoms. The molecule has 1 N–H and O–H groups in total. The van der Waals surface area contributed by atoms with Gasteiger partial charge in [0.1, 0.15) is 11.4 Å². The molecule has 5 nitrogen and oxygen atoms in total. The van der Waals surface area contributed by atoms with Gasteiger partial charge in [0.15, 0.2) is 5.76 Å². The van der Waals surface area contributed by atoms with Crippen molar-refractivity contribution < 1.29 is 14.4 Å². The van der Waals surface area contributed by atoms with Gasteiger partial charge in [-0.05, 0) is 30.7 Å². The Balaban J connectivity index is 1.77. The summed E-state index contributed by atoms with van der Waals surface area (Å²) in [5, 5.41) is 14.5. The number of carboxylic acid groups (broad SMARTS) is 1. The predicted octanol–water partition coefficient (Wildman–Crippen LogP) is 5.07. The van der Waals surface area contributed by atoms with E-state index >= 15 is 0 Å². The van der Waals surface area contributed by atoms with Crippen molar-refractivity contribution in [1.82, 2.24) is 9.72 Å². The Hall–Kier alpha value is -2.57. The molecule has 126 valence electrons. The van der Waals surface area contributed by atoms with Crippen molar-refractivity contribution in [3.63, 3.8) is 0 Å². The number of aryl methyl sites for hydroxylation is 1. The van der Waals surface area contributed by atoms with Crippen LogP contribution in [0.3, 0.4) is 0 Å². The van der Waals surface area contributed by atoms with Crippen LogP contribution in [0.2, 0.25) is 4.34 Å². The van der Waals surface area contributed by atoms with Crippen molar-refractivity contribution in [2.75, 3.05) is 0 Å². The molecule has 0 spiro atoms. The van der Waals surface area contributed by atoms with Gasteiger partial charge in [0, 0.05) is 11.5 Å². The zero-order chi connectivity index (χ0) is 17.6. The highest BCUT2D eigenvalue weighted by Gasteiger charge is 2.18. The van der Waals surface area contributed by atoms with Crippen molar-refractivity contribution >= 4 is 39.8 Å². The van der Waals surface area contributed by atoms with Crippen LogP contribution in [0.1, 0.15) is 21.7 Å². The van der Waals surface area contributed by atoms with Gasteiger partial charge in [-0.1, -0.05) is 35.0 Å². The van der Waals surface area contributed by atoms with Crippen LogP contribution in [0.25, 0.3) is 21.5 Å². The van der Waals surface area contributed by atoms with Gasteiger partial charge in [0.05, 0.1) is 21.3 Å². The molecule has 0 aliphatic heterocycles. The second kappa shape index (κ2) is 6.06. The van der Waals surface area contributed by atoms with E-state index in [1.54, 1.807) is 16.7 Å². The molecular formula is C18H13ClN2O3S. The number of hydrogen-bond donors (Lipinski definition) is 1. The number of hydrogen-bond acceptors (Lipinski definition) is 4. The molecule has 0 atom stereocenters. The zero-order valence-corrected chi connectivity index (χ0v) is 14.8. The number of fused-ring (bicyclic) bond motifs is 1. The highest BCUT2D eigenvalue weighted by atomic mass is 35.5. The number of aromatic nitrogens is 2. The predicted molar refractivity (Wildman–Crippen MR) is 97.6 cm³/mol. The number of nitrogens with zero attached hydrogens (tertiary/aromatic N) is 2. The monoisotopic (exact) mass is 372 g/mol. The minimum Gasteiger partial charge on any atom is -0.477 e. The average Bonchev–Trinajstić information content (AvgIpc) is 3.27. The minimum absolute atomic E-state index is 0.230. The Morgan fingerprint density at radius 3 is 2.88 bits per heavy atom. The summed E-state index contributed by atoms with van der Waals surface area (Å²) in [6, 6.07) is 13.0. The second-order valence-corrected chi connectivity index (χ2v) is 7.43. The summed E-state index contributed by atoms with van der Waals surface area (Å²) in [6.07, 6.45) is 0. The fourth-order valence-corrected chi connectivity index (χ4v) is 3.96. The van der Waals surface area contributed by atoms with Crippen LogP contribution in [0.15, 0.2) is 47.0 Å². The Bertz CT molecular complexity index is 1090. The molecule has 0 aliphatic rings. The molecule has 0 radical (unpaired) electrons. The first-order chi connectivity index (χ1) is 12.0. The molecule has 0 fully saturated rings. The van der Waals surface area contributed by atoms with E-state index in [0.29, 0.717) is 22.3 Å². The van der Waals surface area contributed by atoms with Crippen molar-refractivity contribution in [3.8, 4) is 10.6 Å². The van der Waals surface area contributed by atoms with E-state index in [1.165, 1.54) is 11.3 Å². The maximum absolute atomic E-state index is 11.6. The number of carbonyl (C=O) groups is 1. The minimum atomic E-state index is -0.968. The normalized spacial score (nSPS) is 11.3. The van der Waals surface area contributed by atoms with E-state index in [9.17, 15) is 9.90 Å². The van der Waals surface area contributed by atoms with Gasteiger partial charge >= 0.3 is 5.97 Å². The summed E-state index contributed by atoms with van der Waals surface area (Å²) in [4.78, 5) is 12.5. The van der Waals surface area contributed by atoms with Gasteiger partial charge in [0.25, 0.3) is 0 Å². The zero-order valence-electron chi connectivity index (χ0n) is 13.2. The summed E-state index contributed by atoms with van der Waals surface area (Å²) in [5.74, 6) is -0.346. The van der Waals surface area contributed by atoms with Gasteiger partial charge in [-0.15, -0.1) is 11.3 Å². The Kier molecular flexibility index (Phi) is 3.86. The van der Waals surface area contributed by atoms with Crippen LogP contribution in [0, 0.1) is 6.92 Å². The maximum atomic E-state index is 11.6. The summed E-state index contributed by atoms with van der Waals surface area (Å²) in [7, 11) is 0. The van der Waals surface area contributed by atoms with Crippen LogP contribution in [0.5, 0.6) is 0 Å². The van der Waals surface area contributed by atoms with Gasteiger partial charge in [-0.25, -0.2) is 4.79 Å². The first-order valence-electron chi connectivity index (χ1n) is 7.56. The quantitative estimate of drug-likeness (QED) is 0.543. The van der Waals surface area contributed by atoms with E-state index in [1.807, 2.05) is 37.3 Å². The molecule has 4 rings (SSSR count). The smallest absolute Gasteiger partial charge is 0.352 e. The standard InChI is InChI=1S/C18H13ClN2O3S/c1-10-3-2-4-11-7-13(18(22)23)21(17(10)11)9-12-8-14(24-20-12)15-5-6-16(19)25-15/h2-8H,9H2,1H3,(H,22,23). The number of halogens is 1. The highest BCUT2D eigenvalue weighted by Crippen LogP contribution is 2.32. The molecule has 3 aromatic heterocycles. The second-order valence-electron chi connectivity index (χ2n) is 5.72.